The van der Waals surface area contributed by atoms with Gasteiger partial charge in [-0.1, -0.05) is 60.7 Å². The predicted molar refractivity (Wildman–Crippen MR) is 128 cm³/mol. The monoisotopic (exact) mass is 433 g/mol. The minimum Gasteiger partial charge on any atom is -0.368 e. The second kappa shape index (κ2) is 11.4. The van der Waals surface area contributed by atoms with Crippen LogP contribution in [0.4, 0.5) is 0 Å². The van der Waals surface area contributed by atoms with E-state index >= 15 is 0 Å². The lowest BCUT2D eigenvalue weighted by Crippen LogP contribution is -2.52. The molecule has 2 aromatic rings. The van der Waals surface area contributed by atoms with E-state index < -0.39 is 0 Å². The van der Waals surface area contributed by atoms with Crippen LogP contribution in [0.15, 0.2) is 67.3 Å². The number of carbonyl (C=O) groups excluding carboxylic acids is 1. The third-order valence-corrected chi connectivity index (χ3v) is 6.49. The Morgan fingerprint density at radius 3 is 2.47 bits per heavy atom. The molecule has 2 saturated heterocycles. The summed E-state index contributed by atoms with van der Waals surface area (Å²) < 4.78 is 5.60. The molecule has 0 radical (unpaired) electrons. The Morgan fingerprint density at radius 1 is 1.06 bits per heavy atom. The summed E-state index contributed by atoms with van der Waals surface area (Å²) in [5, 5.41) is 3.77. The first kappa shape index (κ1) is 22.7. The van der Waals surface area contributed by atoms with Crippen LogP contribution in [0.25, 0.3) is 0 Å². The third-order valence-electron chi connectivity index (χ3n) is 6.49. The van der Waals surface area contributed by atoms with Crippen molar-refractivity contribution < 1.29 is 9.53 Å². The summed E-state index contributed by atoms with van der Waals surface area (Å²) in [6.07, 6.45) is 4.49. The van der Waals surface area contributed by atoms with E-state index in [0.29, 0.717) is 0 Å². The lowest BCUT2D eigenvalue weighted by Gasteiger charge is -2.37. The number of amides is 1. The first-order chi connectivity index (χ1) is 15.7. The van der Waals surface area contributed by atoms with Gasteiger partial charge in [-0.3, -0.25) is 9.69 Å². The van der Waals surface area contributed by atoms with E-state index in [1.807, 2.05) is 11.0 Å². The average Bonchev–Trinajstić information content (AvgIpc) is 3.38. The molecule has 1 N–H and O–H groups in total. The molecule has 0 aliphatic carbocycles. The maximum atomic E-state index is 12.7. The van der Waals surface area contributed by atoms with Crippen molar-refractivity contribution in [2.75, 3.05) is 39.3 Å². The molecular formula is C27H35N3O2. The van der Waals surface area contributed by atoms with E-state index in [1.165, 1.54) is 16.7 Å². The van der Waals surface area contributed by atoms with Crippen LogP contribution in [0, 0.1) is 0 Å². The summed E-state index contributed by atoms with van der Waals surface area (Å²) in [4.78, 5) is 17.1. The molecule has 0 aromatic heterocycles. The summed E-state index contributed by atoms with van der Waals surface area (Å²) >= 11 is 0. The van der Waals surface area contributed by atoms with Crippen molar-refractivity contribution in [2.24, 2.45) is 0 Å². The van der Waals surface area contributed by atoms with Gasteiger partial charge < -0.3 is 15.0 Å². The molecule has 2 atom stereocenters. The molecule has 1 amide bonds. The second-order valence-corrected chi connectivity index (χ2v) is 8.78. The maximum absolute atomic E-state index is 12.7. The first-order valence-electron chi connectivity index (χ1n) is 11.8. The Labute approximate surface area is 192 Å². The van der Waals surface area contributed by atoms with Crippen LogP contribution < -0.4 is 5.32 Å². The normalized spacial score (nSPS) is 20.2. The van der Waals surface area contributed by atoms with E-state index in [9.17, 15) is 4.79 Å². The van der Waals surface area contributed by atoms with Crippen LogP contribution in [0.5, 0.6) is 0 Å². The SMILES string of the molecule is C=CCc1ccc(C(CN2CCN(C(=O)C3CCCO3)CC2)NCc2ccccc2)cc1. The highest BCUT2D eigenvalue weighted by molar-refractivity contribution is 5.81. The zero-order valence-electron chi connectivity index (χ0n) is 18.9. The highest BCUT2D eigenvalue weighted by atomic mass is 16.5. The molecule has 5 nitrogen and oxygen atoms in total. The number of hydrogen-bond acceptors (Lipinski definition) is 4. The van der Waals surface area contributed by atoms with E-state index in [1.54, 1.807) is 0 Å². The van der Waals surface area contributed by atoms with Crippen LogP contribution in [0.1, 0.15) is 35.6 Å². The van der Waals surface area contributed by atoms with E-state index in [4.69, 9.17) is 4.74 Å². The van der Waals surface area contributed by atoms with Crippen molar-refractivity contribution in [1.82, 2.24) is 15.1 Å². The second-order valence-electron chi connectivity index (χ2n) is 8.78. The number of rotatable bonds is 9. The quantitative estimate of drug-likeness (QED) is 0.614. The minimum absolute atomic E-state index is 0.179. The number of ether oxygens (including phenoxy) is 1. The Hall–Kier alpha value is -2.47. The molecule has 2 unspecified atom stereocenters. The zero-order valence-corrected chi connectivity index (χ0v) is 18.9. The number of benzene rings is 2. The Bertz CT molecular complexity index is 854. The first-order valence-corrected chi connectivity index (χ1v) is 11.8. The van der Waals surface area contributed by atoms with Gasteiger partial charge in [-0.25, -0.2) is 0 Å². The number of nitrogens with one attached hydrogen (secondary N) is 1. The number of piperazine rings is 1. The zero-order chi connectivity index (χ0) is 22.2. The summed E-state index contributed by atoms with van der Waals surface area (Å²) in [7, 11) is 0. The Kier molecular flexibility index (Phi) is 8.10. The van der Waals surface area contributed by atoms with Crippen molar-refractivity contribution in [3.8, 4) is 0 Å². The molecule has 0 spiro atoms. The van der Waals surface area contributed by atoms with E-state index in [-0.39, 0.29) is 18.1 Å². The fourth-order valence-corrected chi connectivity index (χ4v) is 4.56. The fraction of sp³-hybridized carbons (Fsp3) is 0.444. The summed E-state index contributed by atoms with van der Waals surface area (Å²) in [5.74, 6) is 0.179. The standard InChI is InChI=1S/C27H35N3O2/c1-2-7-22-11-13-24(14-12-22)25(28-20-23-8-4-3-5-9-23)21-29-15-17-30(18-16-29)27(31)26-10-6-19-32-26/h2-5,8-9,11-14,25-26,28H,1,6-7,10,15-21H2. The van der Waals surface area contributed by atoms with Gasteiger partial charge in [-0.15, -0.1) is 6.58 Å². The molecule has 2 heterocycles. The van der Waals surface area contributed by atoms with Crippen molar-refractivity contribution in [3.05, 3.63) is 83.9 Å². The Balaban J connectivity index is 1.37. The van der Waals surface area contributed by atoms with E-state index in [0.717, 1.165) is 65.1 Å². The van der Waals surface area contributed by atoms with Gasteiger partial charge in [-0.05, 0) is 36.0 Å². The van der Waals surface area contributed by atoms with Crippen molar-refractivity contribution in [1.29, 1.82) is 0 Å². The molecule has 32 heavy (non-hydrogen) atoms. The molecule has 2 aliphatic rings. The topological polar surface area (TPSA) is 44.8 Å². The van der Waals surface area contributed by atoms with Crippen LogP contribution in [-0.4, -0.2) is 61.1 Å². The minimum atomic E-state index is -0.212. The molecule has 5 heteroatoms. The van der Waals surface area contributed by atoms with Crippen LogP contribution in [-0.2, 0) is 22.5 Å². The number of nitrogens with zero attached hydrogens (tertiary/aromatic N) is 2. The average molecular weight is 434 g/mol. The van der Waals surface area contributed by atoms with Gasteiger partial charge in [0.05, 0.1) is 0 Å². The van der Waals surface area contributed by atoms with E-state index in [2.05, 4.69) is 71.4 Å². The van der Waals surface area contributed by atoms with Gasteiger partial charge in [-0.2, -0.15) is 0 Å². The summed E-state index contributed by atoms with van der Waals surface area (Å²) in [6, 6.07) is 19.6. The van der Waals surface area contributed by atoms with Crippen molar-refractivity contribution in [3.63, 3.8) is 0 Å². The van der Waals surface area contributed by atoms with Crippen molar-refractivity contribution in [2.45, 2.75) is 38.0 Å². The smallest absolute Gasteiger partial charge is 0.251 e. The molecule has 2 aliphatic heterocycles. The molecular weight excluding hydrogens is 398 g/mol. The highest BCUT2D eigenvalue weighted by Crippen LogP contribution is 2.20. The molecule has 0 saturated carbocycles. The molecule has 4 rings (SSSR count). The number of allylic oxidation sites excluding steroid dienone is 1. The molecule has 2 aromatic carbocycles. The predicted octanol–water partition coefficient (Wildman–Crippen LogP) is 3.57. The van der Waals surface area contributed by atoms with Crippen LogP contribution in [0.2, 0.25) is 0 Å². The van der Waals surface area contributed by atoms with Gasteiger partial charge in [0.25, 0.3) is 5.91 Å². The summed E-state index contributed by atoms with van der Waals surface area (Å²) in [6.45, 7) is 9.68. The van der Waals surface area contributed by atoms with Crippen LogP contribution in [0.3, 0.4) is 0 Å². The van der Waals surface area contributed by atoms with Crippen molar-refractivity contribution >= 4 is 5.91 Å². The summed E-state index contributed by atoms with van der Waals surface area (Å²) in [5.41, 5.74) is 3.87. The molecule has 2 fully saturated rings. The highest BCUT2D eigenvalue weighted by Gasteiger charge is 2.30. The van der Waals surface area contributed by atoms with Crippen LogP contribution >= 0.6 is 0 Å². The van der Waals surface area contributed by atoms with Gasteiger partial charge >= 0.3 is 0 Å². The lowest BCUT2D eigenvalue weighted by molar-refractivity contribution is -0.142. The third kappa shape index (κ3) is 6.06. The maximum Gasteiger partial charge on any atom is 0.251 e. The lowest BCUT2D eigenvalue weighted by atomic mass is 10.0. The van der Waals surface area contributed by atoms with Gasteiger partial charge in [0.1, 0.15) is 6.10 Å². The molecule has 170 valence electrons. The Morgan fingerprint density at radius 2 is 1.81 bits per heavy atom. The fourth-order valence-electron chi connectivity index (χ4n) is 4.56. The number of carbonyl (C=O) groups is 1. The largest absolute Gasteiger partial charge is 0.368 e. The molecule has 0 bridgehead atoms. The van der Waals surface area contributed by atoms with Gasteiger partial charge in [0, 0.05) is 51.9 Å². The van der Waals surface area contributed by atoms with Gasteiger partial charge in [0.15, 0.2) is 0 Å². The number of hydrogen-bond donors (Lipinski definition) is 1. The van der Waals surface area contributed by atoms with Gasteiger partial charge in [0.2, 0.25) is 0 Å².